The third-order valence-corrected chi connectivity index (χ3v) is 7.18. The molecule has 3 aromatic rings. The van der Waals surface area contributed by atoms with Crippen molar-refractivity contribution in [1.82, 2.24) is 4.90 Å². The van der Waals surface area contributed by atoms with Crippen molar-refractivity contribution in [3.8, 4) is 0 Å². The zero-order chi connectivity index (χ0) is 19.5. The Morgan fingerprint density at radius 3 is 2.36 bits per heavy atom. The molecule has 1 atom stereocenters. The lowest BCUT2D eigenvalue weighted by atomic mass is 10.1. The van der Waals surface area contributed by atoms with Crippen molar-refractivity contribution in [2.75, 3.05) is 4.31 Å². The van der Waals surface area contributed by atoms with Gasteiger partial charge in [0.25, 0.3) is 15.9 Å². The van der Waals surface area contributed by atoms with Crippen LogP contribution in [0.15, 0.2) is 77.7 Å². The largest absolute Gasteiger partial charge is 0.309 e. The summed E-state index contributed by atoms with van der Waals surface area (Å²) in [6.45, 7) is 2.30. The van der Waals surface area contributed by atoms with Gasteiger partial charge in [-0.25, -0.2) is 12.7 Å². The van der Waals surface area contributed by atoms with Crippen molar-refractivity contribution < 1.29 is 13.2 Å². The standard InChI is InChI=1S/C22H18N2O3S/c1-15-10-12-17(13-11-15)28(26,27)24-20-9-5-2-6-16(20)14-23-21(24)18-7-3-4-8-19(18)22(23)25/h2-13,21H,14H2,1H3. The predicted molar refractivity (Wildman–Crippen MR) is 106 cm³/mol. The molecule has 5 rings (SSSR count). The van der Waals surface area contributed by atoms with Crippen molar-refractivity contribution in [2.45, 2.75) is 24.5 Å². The third kappa shape index (κ3) is 2.31. The van der Waals surface area contributed by atoms with Crippen LogP contribution in [0.1, 0.15) is 33.2 Å². The number of carbonyl (C=O) groups is 1. The maximum Gasteiger partial charge on any atom is 0.266 e. The van der Waals surface area contributed by atoms with E-state index in [0.717, 1.165) is 16.7 Å². The molecule has 6 heteroatoms. The van der Waals surface area contributed by atoms with E-state index < -0.39 is 16.2 Å². The second-order valence-electron chi connectivity index (χ2n) is 7.14. The minimum atomic E-state index is -3.87. The number of benzene rings is 3. The number of rotatable bonds is 2. The number of amides is 1. The van der Waals surface area contributed by atoms with E-state index in [1.54, 1.807) is 41.3 Å². The van der Waals surface area contributed by atoms with Crippen LogP contribution in [0.4, 0.5) is 5.69 Å². The molecule has 0 fully saturated rings. The Morgan fingerprint density at radius 2 is 1.57 bits per heavy atom. The molecular weight excluding hydrogens is 372 g/mol. The second-order valence-corrected chi connectivity index (χ2v) is 8.95. The smallest absolute Gasteiger partial charge is 0.266 e. The molecular formula is C22H18N2O3S. The Bertz CT molecular complexity index is 1200. The predicted octanol–water partition coefficient (Wildman–Crippen LogP) is 3.86. The van der Waals surface area contributed by atoms with Gasteiger partial charge in [0, 0.05) is 11.1 Å². The number of sulfonamides is 1. The summed E-state index contributed by atoms with van der Waals surface area (Å²) in [5.41, 5.74) is 3.70. The maximum absolute atomic E-state index is 13.7. The van der Waals surface area contributed by atoms with E-state index in [0.29, 0.717) is 17.8 Å². The topological polar surface area (TPSA) is 57.7 Å². The van der Waals surface area contributed by atoms with Gasteiger partial charge in [0.2, 0.25) is 0 Å². The van der Waals surface area contributed by atoms with Gasteiger partial charge in [0.15, 0.2) is 0 Å². The molecule has 28 heavy (non-hydrogen) atoms. The lowest BCUT2D eigenvalue weighted by Crippen LogP contribution is -2.46. The Labute approximate surface area is 163 Å². The number of fused-ring (bicyclic) bond motifs is 4. The molecule has 1 unspecified atom stereocenters. The molecule has 2 aliphatic rings. The van der Waals surface area contributed by atoms with E-state index in [1.807, 2.05) is 43.3 Å². The molecule has 0 saturated carbocycles. The summed E-state index contributed by atoms with van der Waals surface area (Å²) in [6.07, 6.45) is -0.676. The summed E-state index contributed by atoms with van der Waals surface area (Å²) in [7, 11) is -3.87. The van der Waals surface area contributed by atoms with Gasteiger partial charge in [-0.2, -0.15) is 0 Å². The summed E-state index contributed by atoms with van der Waals surface area (Å²) in [5, 5.41) is 0. The zero-order valence-corrected chi connectivity index (χ0v) is 16.1. The number of carbonyl (C=O) groups excluding carboxylic acids is 1. The van der Waals surface area contributed by atoms with Crippen molar-refractivity contribution in [1.29, 1.82) is 0 Å². The average Bonchev–Trinajstić information content (AvgIpc) is 2.99. The highest BCUT2D eigenvalue weighted by atomic mass is 32.2. The molecule has 1 amide bonds. The first kappa shape index (κ1) is 17.0. The van der Waals surface area contributed by atoms with Crippen LogP contribution in [-0.4, -0.2) is 19.2 Å². The highest BCUT2D eigenvalue weighted by Gasteiger charge is 2.48. The summed E-state index contributed by atoms with van der Waals surface area (Å²) in [6, 6.07) is 21.4. The summed E-state index contributed by atoms with van der Waals surface area (Å²) < 4.78 is 28.8. The van der Waals surface area contributed by atoms with Gasteiger partial charge in [-0.3, -0.25) is 4.79 Å². The summed E-state index contributed by atoms with van der Waals surface area (Å²) in [5.74, 6) is -0.140. The quantitative estimate of drug-likeness (QED) is 0.668. The molecule has 0 saturated heterocycles. The molecule has 0 bridgehead atoms. The average molecular weight is 390 g/mol. The van der Waals surface area contributed by atoms with Gasteiger partial charge in [-0.15, -0.1) is 0 Å². The summed E-state index contributed by atoms with van der Waals surface area (Å²) >= 11 is 0. The Balaban J connectivity index is 1.76. The van der Waals surface area contributed by atoms with E-state index in [4.69, 9.17) is 0 Å². The first-order valence-electron chi connectivity index (χ1n) is 9.07. The molecule has 0 radical (unpaired) electrons. The van der Waals surface area contributed by atoms with Gasteiger partial charge in [-0.1, -0.05) is 54.1 Å². The van der Waals surface area contributed by atoms with E-state index in [2.05, 4.69) is 0 Å². The van der Waals surface area contributed by atoms with Crippen LogP contribution >= 0.6 is 0 Å². The maximum atomic E-state index is 13.7. The molecule has 3 aromatic carbocycles. The molecule has 5 nitrogen and oxygen atoms in total. The number of para-hydroxylation sites is 1. The van der Waals surface area contributed by atoms with Crippen LogP contribution in [0.3, 0.4) is 0 Å². The van der Waals surface area contributed by atoms with Crippen molar-refractivity contribution in [2.24, 2.45) is 0 Å². The van der Waals surface area contributed by atoms with Gasteiger partial charge in [0.1, 0.15) is 6.17 Å². The van der Waals surface area contributed by atoms with Crippen molar-refractivity contribution in [3.63, 3.8) is 0 Å². The van der Waals surface area contributed by atoms with Crippen molar-refractivity contribution in [3.05, 3.63) is 95.1 Å². The number of aryl methyl sites for hydroxylation is 1. The molecule has 0 aromatic heterocycles. The highest BCUT2D eigenvalue weighted by molar-refractivity contribution is 7.92. The fraction of sp³-hybridized carbons (Fsp3) is 0.136. The summed E-state index contributed by atoms with van der Waals surface area (Å²) in [4.78, 5) is 14.9. The van der Waals surface area contributed by atoms with Gasteiger partial charge < -0.3 is 4.90 Å². The number of anilines is 1. The van der Waals surface area contributed by atoms with E-state index >= 15 is 0 Å². The fourth-order valence-electron chi connectivity index (χ4n) is 4.02. The lowest BCUT2D eigenvalue weighted by molar-refractivity contribution is 0.0707. The van der Waals surface area contributed by atoms with Crippen LogP contribution < -0.4 is 4.31 Å². The molecule has 140 valence electrons. The zero-order valence-electron chi connectivity index (χ0n) is 15.2. The van der Waals surface area contributed by atoms with Gasteiger partial charge >= 0.3 is 0 Å². The first-order valence-corrected chi connectivity index (χ1v) is 10.5. The van der Waals surface area contributed by atoms with Crippen LogP contribution in [0.25, 0.3) is 0 Å². The Kier molecular flexibility index (Phi) is 3.61. The molecule has 2 aliphatic heterocycles. The van der Waals surface area contributed by atoms with E-state index in [-0.39, 0.29) is 10.8 Å². The normalized spacial score (nSPS) is 17.9. The number of hydrogen-bond donors (Lipinski definition) is 0. The van der Waals surface area contributed by atoms with Crippen LogP contribution in [0.2, 0.25) is 0 Å². The number of hydrogen-bond acceptors (Lipinski definition) is 3. The Hall–Kier alpha value is -3.12. The fourth-order valence-corrected chi connectivity index (χ4v) is 5.66. The number of nitrogens with zero attached hydrogens (tertiary/aromatic N) is 2. The molecule has 2 heterocycles. The molecule has 0 aliphatic carbocycles. The first-order chi connectivity index (χ1) is 13.5. The molecule has 0 N–H and O–H groups in total. The van der Waals surface area contributed by atoms with E-state index in [1.165, 1.54) is 4.31 Å². The third-order valence-electron chi connectivity index (χ3n) is 5.40. The van der Waals surface area contributed by atoms with Crippen LogP contribution in [0, 0.1) is 6.92 Å². The van der Waals surface area contributed by atoms with Crippen molar-refractivity contribution >= 4 is 21.6 Å². The van der Waals surface area contributed by atoms with Crippen LogP contribution in [-0.2, 0) is 16.6 Å². The molecule has 0 spiro atoms. The minimum Gasteiger partial charge on any atom is -0.309 e. The lowest BCUT2D eigenvalue weighted by Gasteiger charge is -2.41. The highest BCUT2D eigenvalue weighted by Crippen LogP contribution is 2.47. The second kappa shape index (κ2) is 5.94. The van der Waals surface area contributed by atoms with E-state index in [9.17, 15) is 13.2 Å². The minimum absolute atomic E-state index is 0.140. The van der Waals surface area contributed by atoms with Gasteiger partial charge in [0.05, 0.1) is 17.1 Å². The Morgan fingerprint density at radius 1 is 0.893 bits per heavy atom. The van der Waals surface area contributed by atoms with Gasteiger partial charge in [-0.05, 0) is 36.8 Å². The monoisotopic (exact) mass is 390 g/mol. The van der Waals surface area contributed by atoms with Crippen LogP contribution in [0.5, 0.6) is 0 Å². The SMILES string of the molecule is Cc1ccc(S(=O)(=O)N2c3ccccc3CN3C(=O)c4ccccc4C32)cc1.